The molecule has 1 aromatic rings. The summed E-state index contributed by atoms with van der Waals surface area (Å²) < 4.78 is 31.8. The monoisotopic (exact) mass is 308 g/mol. The van der Waals surface area contributed by atoms with Crippen molar-refractivity contribution < 1.29 is 45.0 Å². The first kappa shape index (κ1) is 25.9. The third-order valence-corrected chi connectivity index (χ3v) is 1.13. The summed E-state index contributed by atoms with van der Waals surface area (Å²) >= 11 is 0. The maximum Gasteiger partial charge on any atom is 0 e. The first-order valence-corrected chi connectivity index (χ1v) is 3.99. The quantitative estimate of drug-likeness (QED) is 0.329. The molecule has 1 heterocycles. The van der Waals surface area contributed by atoms with Crippen molar-refractivity contribution in [2.24, 2.45) is 0 Å². The van der Waals surface area contributed by atoms with Crippen LogP contribution in [0.25, 0.3) is 0 Å². The molecule has 0 aliphatic carbocycles. The van der Waals surface area contributed by atoms with Gasteiger partial charge in [0.1, 0.15) is 11.5 Å². The van der Waals surface area contributed by atoms with Crippen LogP contribution in [0, 0.1) is 26.9 Å². The molecule has 0 atom stereocenters. The molecule has 102 valence electrons. The standard InChI is InChI=1S/C8H8O4.3CO.Fe/c1-5-3-7(12-6(2)9)4-8(10)11-5;3*1-2;/h3-4H,1-2H3;;;;. The van der Waals surface area contributed by atoms with E-state index in [9.17, 15) is 9.59 Å². The molecule has 0 aromatic carbocycles. The van der Waals surface area contributed by atoms with Crippen LogP contribution >= 0.6 is 0 Å². The average Bonchev–Trinajstić information content (AvgIpc) is 2.34. The minimum Gasteiger partial charge on any atom is 0 e. The zero-order valence-electron chi connectivity index (χ0n) is 9.87. The Morgan fingerprint density at radius 2 is 1.58 bits per heavy atom. The molecule has 0 bridgehead atoms. The number of carbonyl (C=O) groups is 1. The summed E-state index contributed by atoms with van der Waals surface area (Å²) in [6, 6.07) is 2.59. The van der Waals surface area contributed by atoms with Gasteiger partial charge in [-0.1, -0.05) is 0 Å². The third-order valence-electron chi connectivity index (χ3n) is 1.13. The van der Waals surface area contributed by atoms with Crippen molar-refractivity contribution in [2.45, 2.75) is 13.8 Å². The van der Waals surface area contributed by atoms with E-state index in [1.54, 1.807) is 6.92 Å². The van der Waals surface area contributed by atoms with Gasteiger partial charge in [-0.2, -0.15) is 0 Å². The van der Waals surface area contributed by atoms with Gasteiger partial charge in [0.25, 0.3) is 0 Å². The van der Waals surface area contributed by atoms with Gasteiger partial charge in [-0.15, -0.1) is 0 Å². The number of rotatable bonds is 1. The Hall–Kier alpha value is -1.84. The Balaban J connectivity index is -0.000000142. The predicted molar refractivity (Wildman–Crippen MR) is 52.8 cm³/mol. The minimum atomic E-state index is -0.522. The topological polar surface area (TPSA) is 116 Å². The molecule has 0 unspecified atom stereocenters. The van der Waals surface area contributed by atoms with Crippen molar-refractivity contribution in [3.8, 4) is 5.75 Å². The Labute approximate surface area is 119 Å². The number of carbonyl (C=O) groups excluding carboxylic acids is 1. The van der Waals surface area contributed by atoms with Crippen LogP contribution in [-0.2, 0) is 35.8 Å². The van der Waals surface area contributed by atoms with Crippen molar-refractivity contribution in [2.75, 3.05) is 0 Å². The summed E-state index contributed by atoms with van der Waals surface area (Å²) in [6.45, 7) is 16.4. The van der Waals surface area contributed by atoms with Crippen LogP contribution in [-0.4, -0.2) is 5.97 Å². The summed E-state index contributed by atoms with van der Waals surface area (Å²) in [4.78, 5) is 21.2. The van der Waals surface area contributed by atoms with Crippen LogP contribution < -0.4 is 10.4 Å². The van der Waals surface area contributed by atoms with Gasteiger partial charge in [0.2, 0.25) is 0 Å². The van der Waals surface area contributed by atoms with Crippen LogP contribution in [0.15, 0.2) is 21.3 Å². The Morgan fingerprint density at radius 3 is 1.89 bits per heavy atom. The zero-order valence-corrected chi connectivity index (χ0v) is 11.0. The van der Waals surface area contributed by atoms with Crippen LogP contribution in [0.1, 0.15) is 12.7 Å². The van der Waals surface area contributed by atoms with E-state index in [-0.39, 0.29) is 22.8 Å². The second-order valence-electron chi connectivity index (χ2n) is 2.32. The molecule has 0 amide bonds. The van der Waals surface area contributed by atoms with Crippen molar-refractivity contribution in [1.82, 2.24) is 0 Å². The number of ether oxygens (including phenoxy) is 1. The third kappa shape index (κ3) is 16.2. The van der Waals surface area contributed by atoms with E-state index in [1.165, 1.54) is 13.0 Å². The summed E-state index contributed by atoms with van der Waals surface area (Å²) in [5.74, 6) is 0.176. The van der Waals surface area contributed by atoms with Crippen LogP contribution in [0.4, 0.5) is 0 Å². The SMILES string of the molecule is CC(=O)Oc1cc(C)oc(=O)c1.[C-]#[O+].[C-]#[O+].[C-]#[O+].[Fe]. The van der Waals surface area contributed by atoms with Crippen LogP contribution in [0.2, 0.25) is 0 Å². The fourth-order valence-electron chi connectivity index (χ4n) is 0.801. The molecular weight excluding hydrogens is 300 g/mol. The molecule has 19 heavy (non-hydrogen) atoms. The number of aryl methyl sites for hydroxylation is 1. The van der Waals surface area contributed by atoms with Crippen molar-refractivity contribution in [1.29, 1.82) is 0 Å². The molecule has 0 aliphatic rings. The van der Waals surface area contributed by atoms with Gasteiger partial charge < -0.3 is 9.15 Å². The largest absolute Gasteiger partial charge is 0 e. The number of hydrogen-bond acceptors (Lipinski definition) is 4. The van der Waals surface area contributed by atoms with Crippen molar-refractivity contribution >= 4 is 5.97 Å². The second-order valence-corrected chi connectivity index (χ2v) is 2.32. The molecule has 8 heteroatoms. The molecule has 7 nitrogen and oxygen atoms in total. The Morgan fingerprint density at radius 1 is 1.16 bits per heavy atom. The molecule has 0 aliphatic heterocycles. The number of esters is 1. The maximum absolute atomic E-state index is 10.7. The van der Waals surface area contributed by atoms with Crippen LogP contribution in [0.3, 0.4) is 0 Å². The van der Waals surface area contributed by atoms with Gasteiger partial charge in [-0.05, 0) is 6.92 Å². The van der Waals surface area contributed by atoms with Gasteiger partial charge in [0.05, 0.1) is 6.07 Å². The summed E-state index contributed by atoms with van der Waals surface area (Å²) in [5, 5.41) is 0. The molecular formula is C11H8FeO7. The van der Waals surface area contributed by atoms with Crippen molar-refractivity contribution in [3.05, 3.63) is 48.3 Å². The van der Waals surface area contributed by atoms with Gasteiger partial charge >= 0.3 is 45.5 Å². The molecule has 0 radical (unpaired) electrons. The normalized spacial score (nSPS) is 6.32. The summed E-state index contributed by atoms with van der Waals surface area (Å²) in [6.07, 6.45) is 0. The minimum absolute atomic E-state index is 0. The molecule has 0 fully saturated rings. The fourth-order valence-corrected chi connectivity index (χ4v) is 0.801. The second kappa shape index (κ2) is 18.5. The molecule has 0 saturated carbocycles. The Kier molecular flexibility index (Phi) is 25.2. The summed E-state index contributed by atoms with van der Waals surface area (Å²) in [5.41, 5.74) is -0.522. The van der Waals surface area contributed by atoms with Crippen LogP contribution in [0.5, 0.6) is 5.75 Å². The van der Waals surface area contributed by atoms with E-state index < -0.39 is 11.6 Å². The predicted octanol–water partition coefficient (Wildman–Crippen LogP) is 0.758. The van der Waals surface area contributed by atoms with E-state index in [4.69, 9.17) is 14.0 Å². The molecule has 0 spiro atoms. The van der Waals surface area contributed by atoms with Gasteiger partial charge in [-0.25, -0.2) is 4.79 Å². The van der Waals surface area contributed by atoms with Gasteiger partial charge in [0, 0.05) is 30.1 Å². The van der Waals surface area contributed by atoms with E-state index >= 15 is 0 Å². The van der Waals surface area contributed by atoms with Crippen molar-refractivity contribution in [3.63, 3.8) is 0 Å². The Bertz CT molecular complexity index is 456. The average molecular weight is 308 g/mol. The molecule has 0 N–H and O–H groups in total. The van der Waals surface area contributed by atoms with Gasteiger partial charge in [-0.3, -0.25) is 4.79 Å². The number of hydrogen-bond donors (Lipinski definition) is 0. The zero-order chi connectivity index (χ0) is 15.1. The van der Waals surface area contributed by atoms with Gasteiger partial charge in [0.15, 0.2) is 0 Å². The molecule has 0 saturated heterocycles. The smallest absolute Gasteiger partial charge is 0 e. The first-order chi connectivity index (χ1) is 8.58. The maximum atomic E-state index is 10.7. The van der Waals surface area contributed by atoms with E-state index in [2.05, 4.69) is 29.1 Å². The van der Waals surface area contributed by atoms with E-state index in [0.29, 0.717) is 5.76 Å². The van der Waals surface area contributed by atoms with E-state index in [0.717, 1.165) is 6.07 Å². The summed E-state index contributed by atoms with van der Waals surface area (Å²) in [7, 11) is 0. The fraction of sp³-hybridized carbons (Fsp3) is 0.182. The van der Waals surface area contributed by atoms with E-state index in [1.807, 2.05) is 0 Å². The molecule has 1 aromatic heterocycles. The first-order valence-electron chi connectivity index (χ1n) is 3.99. The molecule has 1 rings (SSSR count).